The number of hydrogen-bond donors (Lipinski definition) is 3. The summed E-state index contributed by atoms with van der Waals surface area (Å²) in [6.07, 6.45) is 5.79. The second-order valence-corrected chi connectivity index (χ2v) is 21.8. The minimum atomic E-state index is -1.26. The number of hydrogen-bond acceptors (Lipinski definition) is 9. The third-order valence-electron chi connectivity index (χ3n) is 15.2. The first-order valence-corrected chi connectivity index (χ1v) is 20.5. The zero-order valence-corrected chi connectivity index (χ0v) is 35.4. The molecule has 53 heavy (non-hydrogen) atoms. The molecule has 4 aliphatic carbocycles. The summed E-state index contributed by atoms with van der Waals surface area (Å²) in [5, 5.41) is 25.7. The van der Waals surface area contributed by atoms with Gasteiger partial charge in [0.05, 0.1) is 29.8 Å². The highest BCUT2D eigenvalue weighted by Crippen LogP contribution is 2.76. The highest BCUT2D eigenvalue weighted by Gasteiger charge is 2.72. The van der Waals surface area contributed by atoms with E-state index < -0.39 is 58.5 Å². The Morgan fingerprint density at radius 2 is 1.40 bits per heavy atom. The lowest BCUT2D eigenvalue weighted by molar-refractivity contribution is -0.251. The summed E-state index contributed by atoms with van der Waals surface area (Å²) in [7, 11) is 0. The quantitative estimate of drug-likeness (QED) is 0.175. The van der Waals surface area contributed by atoms with Gasteiger partial charge in [0.2, 0.25) is 0 Å². The molecular weight excluding hydrogens is 674 g/mol. The molecule has 0 aromatic rings. The minimum absolute atomic E-state index is 0.0109. The van der Waals surface area contributed by atoms with E-state index in [1.54, 1.807) is 41.5 Å². The van der Waals surface area contributed by atoms with Gasteiger partial charge in [-0.3, -0.25) is 4.79 Å². The molecule has 5 fully saturated rings. The van der Waals surface area contributed by atoms with Gasteiger partial charge < -0.3 is 34.5 Å². The molecule has 1 saturated heterocycles. The number of carbonyl (C=O) groups excluding carboxylic acids is 3. The fourth-order valence-corrected chi connectivity index (χ4v) is 12.7. The number of ether oxygens (including phenoxy) is 4. The van der Waals surface area contributed by atoms with Gasteiger partial charge in [-0.05, 0) is 160 Å². The molecule has 1 aliphatic heterocycles. The molecule has 4 saturated carbocycles. The summed E-state index contributed by atoms with van der Waals surface area (Å²) in [5.41, 5.74) is -3.36. The number of fused-ring (bicyclic) bond motifs is 5. The molecule has 10 heteroatoms. The largest absolute Gasteiger partial charge is 0.460 e. The van der Waals surface area contributed by atoms with E-state index in [1.165, 1.54) is 0 Å². The van der Waals surface area contributed by atoms with E-state index >= 15 is 0 Å². The van der Waals surface area contributed by atoms with Crippen LogP contribution >= 0.6 is 0 Å². The molecule has 5 aliphatic rings. The van der Waals surface area contributed by atoms with Gasteiger partial charge in [0.25, 0.3) is 0 Å². The average Bonchev–Trinajstić information content (AvgIpc) is 3.56. The Labute approximate surface area is 319 Å². The van der Waals surface area contributed by atoms with Crippen molar-refractivity contribution in [2.24, 2.45) is 45.3 Å². The summed E-state index contributed by atoms with van der Waals surface area (Å²) in [5.74, 6) is -0.406. The maximum atomic E-state index is 13.9. The number of nitrogens with one attached hydrogen (secondary N) is 1. The lowest BCUT2D eigenvalue weighted by Gasteiger charge is -2.70. The second kappa shape index (κ2) is 13.6. The van der Waals surface area contributed by atoms with Gasteiger partial charge in [0, 0.05) is 5.41 Å². The Morgan fingerprint density at radius 3 is 1.96 bits per heavy atom. The van der Waals surface area contributed by atoms with Crippen LogP contribution in [-0.2, 0) is 28.5 Å². The van der Waals surface area contributed by atoms with E-state index in [0.717, 1.165) is 51.4 Å². The van der Waals surface area contributed by atoms with Gasteiger partial charge in [0.1, 0.15) is 23.3 Å². The maximum absolute atomic E-state index is 13.9. The lowest BCUT2D eigenvalue weighted by Crippen LogP contribution is -2.67. The van der Waals surface area contributed by atoms with Crippen molar-refractivity contribution in [2.45, 2.75) is 208 Å². The number of carbonyl (C=O) groups is 3. The topological polar surface area (TPSA) is 141 Å². The number of alkyl carbamates (subject to hydrolysis) is 1. The molecule has 304 valence electrons. The predicted octanol–water partition coefficient (Wildman–Crippen LogP) is 7.89. The third-order valence-corrected chi connectivity index (χ3v) is 15.2. The van der Waals surface area contributed by atoms with Gasteiger partial charge in [-0.1, -0.05) is 34.6 Å². The Morgan fingerprint density at radius 1 is 0.792 bits per heavy atom. The summed E-state index contributed by atoms with van der Waals surface area (Å²) in [6, 6.07) is -1.26. The third kappa shape index (κ3) is 7.77. The Hall–Kier alpha value is -1.91. The minimum Gasteiger partial charge on any atom is -0.460 e. The molecule has 0 bridgehead atoms. The molecule has 12 atom stereocenters. The average molecular weight is 748 g/mol. The number of amides is 1. The molecule has 0 unspecified atom stereocenters. The van der Waals surface area contributed by atoms with Crippen LogP contribution < -0.4 is 5.32 Å². The summed E-state index contributed by atoms with van der Waals surface area (Å²) < 4.78 is 24.0. The molecule has 0 aromatic heterocycles. The van der Waals surface area contributed by atoms with Gasteiger partial charge >= 0.3 is 18.0 Å². The summed E-state index contributed by atoms with van der Waals surface area (Å²) in [6.45, 7) is 28.1. The van der Waals surface area contributed by atoms with Crippen LogP contribution in [0.2, 0.25) is 0 Å². The first kappa shape index (κ1) is 42.2. The fourth-order valence-electron chi connectivity index (χ4n) is 12.7. The lowest BCUT2D eigenvalue weighted by atomic mass is 9.35. The second-order valence-electron chi connectivity index (χ2n) is 21.8. The Balaban J connectivity index is 1.35. The normalized spacial score (nSPS) is 41.7. The van der Waals surface area contributed by atoms with Crippen molar-refractivity contribution in [3.8, 4) is 0 Å². The van der Waals surface area contributed by atoms with Gasteiger partial charge in [-0.25, -0.2) is 9.59 Å². The van der Waals surface area contributed by atoms with Crippen molar-refractivity contribution in [3.63, 3.8) is 0 Å². The molecule has 0 radical (unpaired) electrons. The van der Waals surface area contributed by atoms with Crippen LogP contribution in [0, 0.1) is 45.3 Å². The van der Waals surface area contributed by atoms with E-state index in [4.69, 9.17) is 18.9 Å². The molecule has 1 amide bonds. The number of rotatable bonds is 7. The van der Waals surface area contributed by atoms with Crippen molar-refractivity contribution in [3.05, 3.63) is 0 Å². The predicted molar refractivity (Wildman–Crippen MR) is 203 cm³/mol. The first-order valence-electron chi connectivity index (χ1n) is 20.5. The Bertz CT molecular complexity index is 1380. The van der Waals surface area contributed by atoms with E-state index in [2.05, 4.69) is 46.9 Å². The van der Waals surface area contributed by atoms with Gasteiger partial charge in [-0.15, -0.1) is 0 Å². The van der Waals surface area contributed by atoms with Crippen molar-refractivity contribution in [2.75, 3.05) is 0 Å². The molecule has 0 spiro atoms. The van der Waals surface area contributed by atoms with E-state index in [-0.39, 0.29) is 58.0 Å². The van der Waals surface area contributed by atoms with Crippen LogP contribution in [0.5, 0.6) is 0 Å². The van der Waals surface area contributed by atoms with Crippen LogP contribution in [-0.4, -0.2) is 75.0 Å². The molecule has 10 nitrogen and oxygen atoms in total. The van der Waals surface area contributed by atoms with E-state index in [9.17, 15) is 24.6 Å². The standard InChI is InChI=1S/C43H73NO9/c1-36(2,3)52-32(46)23-26(44-35(48)53-37(4,5)6)34(47)50-30-17-19-40(11)28(38(30,7)8)16-21-41(12)29(40)24-27(45)33-25(15-20-42(33,41)13)43(14)22-18-31(51-43)39(9,10)49/h25-31,33,45,49H,15-24H2,1-14H3,(H,44,48)/t25-,26-,27+,28-,29+,30-,31-,33-,40-,41+,42+,43-/m0/s1. The summed E-state index contributed by atoms with van der Waals surface area (Å²) in [4.78, 5) is 39.6. The smallest absolute Gasteiger partial charge is 0.408 e. The SMILES string of the molecule is CC(C)(C)OC(=O)C[C@H](NC(=O)OC(C)(C)C)C(=O)O[C@H]1CC[C@]2(C)[C@H]3C[C@@H](O)[C@@H]4[C@@H]([C@]5(C)CC[C@@H](C(C)(C)O)O5)CC[C@@]4(C)[C@]3(C)CC[C@H]2C1(C)C. The summed E-state index contributed by atoms with van der Waals surface area (Å²) >= 11 is 0. The number of aliphatic hydroxyl groups is 2. The zero-order valence-electron chi connectivity index (χ0n) is 35.4. The van der Waals surface area contributed by atoms with Crippen LogP contribution in [0.1, 0.15) is 161 Å². The van der Waals surface area contributed by atoms with Crippen molar-refractivity contribution in [1.82, 2.24) is 5.32 Å². The first-order chi connectivity index (χ1) is 24.0. The molecule has 3 N–H and O–H groups in total. The van der Waals surface area contributed by atoms with Crippen LogP contribution in [0.15, 0.2) is 0 Å². The van der Waals surface area contributed by atoms with Crippen molar-refractivity contribution >= 4 is 18.0 Å². The van der Waals surface area contributed by atoms with Crippen molar-refractivity contribution < 1.29 is 43.5 Å². The molecular formula is C43H73NO9. The van der Waals surface area contributed by atoms with E-state index in [0.29, 0.717) is 6.42 Å². The van der Waals surface area contributed by atoms with Gasteiger partial charge in [-0.2, -0.15) is 0 Å². The van der Waals surface area contributed by atoms with Gasteiger partial charge in [0.15, 0.2) is 0 Å². The van der Waals surface area contributed by atoms with Crippen molar-refractivity contribution in [1.29, 1.82) is 0 Å². The molecule has 0 aromatic carbocycles. The van der Waals surface area contributed by atoms with Crippen LogP contribution in [0.3, 0.4) is 0 Å². The Kier molecular flexibility index (Phi) is 10.9. The van der Waals surface area contributed by atoms with Crippen LogP contribution in [0.4, 0.5) is 4.79 Å². The number of aliphatic hydroxyl groups excluding tert-OH is 1. The monoisotopic (exact) mass is 748 g/mol. The van der Waals surface area contributed by atoms with Crippen LogP contribution in [0.25, 0.3) is 0 Å². The number of esters is 2. The molecule has 1 heterocycles. The molecule has 5 rings (SSSR count). The maximum Gasteiger partial charge on any atom is 0.408 e. The zero-order chi connectivity index (χ0) is 40.0. The highest BCUT2D eigenvalue weighted by molar-refractivity contribution is 5.86. The van der Waals surface area contributed by atoms with E-state index in [1.807, 2.05) is 13.8 Å². The fraction of sp³-hybridized carbons (Fsp3) is 0.930. The highest BCUT2D eigenvalue weighted by atomic mass is 16.6.